The van der Waals surface area contributed by atoms with Crippen LogP contribution in [0.2, 0.25) is 0 Å². The number of rotatable bonds is 5. The predicted molar refractivity (Wildman–Crippen MR) is 149 cm³/mol. The zero-order valence-electron chi connectivity index (χ0n) is 24.3. The summed E-state index contributed by atoms with van der Waals surface area (Å²) in [5, 5.41) is 0. The van der Waals surface area contributed by atoms with Crippen LogP contribution in [0.15, 0.2) is 24.3 Å². The van der Waals surface area contributed by atoms with Gasteiger partial charge in [0.15, 0.2) is 23.6 Å². The molecule has 0 bridgehead atoms. The van der Waals surface area contributed by atoms with E-state index in [-0.39, 0.29) is 24.9 Å². The molecule has 11 nitrogen and oxygen atoms in total. The molecule has 42 heavy (non-hydrogen) atoms. The number of carbonyl (C=O) groups is 1. The Hall–Kier alpha value is -2.54. The van der Waals surface area contributed by atoms with Gasteiger partial charge in [-0.15, -0.1) is 0 Å². The molecule has 1 aromatic carbocycles. The number of benzene rings is 1. The van der Waals surface area contributed by atoms with Gasteiger partial charge in [0.25, 0.3) is 0 Å². The van der Waals surface area contributed by atoms with Gasteiger partial charge in [-0.2, -0.15) is 0 Å². The first-order valence-electron chi connectivity index (χ1n) is 15.5. The fourth-order valence-corrected chi connectivity index (χ4v) is 7.80. The molecule has 0 amide bonds. The highest BCUT2D eigenvalue weighted by Gasteiger charge is 2.62. The lowest BCUT2D eigenvalue weighted by Crippen LogP contribution is -2.43. The molecule has 5 atom stereocenters. The first-order valence-corrected chi connectivity index (χ1v) is 15.5. The number of aromatic nitrogens is 3. The Balaban J connectivity index is 1.08. The van der Waals surface area contributed by atoms with E-state index < -0.39 is 29.9 Å². The van der Waals surface area contributed by atoms with Crippen molar-refractivity contribution >= 4 is 22.8 Å². The molecule has 11 heteroatoms. The van der Waals surface area contributed by atoms with Gasteiger partial charge in [0.1, 0.15) is 30.1 Å². The lowest BCUT2D eigenvalue weighted by molar-refractivity contribution is -0.270. The molecule has 3 aromatic rings. The van der Waals surface area contributed by atoms with Crippen LogP contribution >= 0.6 is 0 Å². The van der Waals surface area contributed by atoms with Crippen molar-refractivity contribution in [3.05, 3.63) is 35.7 Å². The molecule has 2 aromatic heterocycles. The maximum Gasteiger partial charge on any atom is 0.357 e. The van der Waals surface area contributed by atoms with Crippen molar-refractivity contribution in [2.75, 3.05) is 13.7 Å². The van der Waals surface area contributed by atoms with Crippen LogP contribution in [0, 0.1) is 0 Å². The van der Waals surface area contributed by atoms with E-state index in [1.807, 2.05) is 40.3 Å². The van der Waals surface area contributed by atoms with E-state index in [0.29, 0.717) is 23.8 Å². The minimum Gasteiger partial charge on any atom is -0.464 e. The maximum atomic E-state index is 13.1. The molecule has 3 aliphatic heterocycles. The fourth-order valence-electron chi connectivity index (χ4n) is 7.80. The number of para-hydroxylation sites is 2. The van der Waals surface area contributed by atoms with Crippen LogP contribution in [-0.4, -0.2) is 75.9 Å². The normalized spacial score (nSPS) is 31.9. The average molecular weight is 582 g/mol. The second-order valence-electron chi connectivity index (χ2n) is 12.4. The van der Waals surface area contributed by atoms with Gasteiger partial charge in [0, 0.05) is 32.7 Å². The van der Waals surface area contributed by atoms with Crippen molar-refractivity contribution in [3.8, 4) is 0 Å². The molecule has 0 N–H and O–H groups in total. The molecule has 2 aliphatic carbocycles. The van der Waals surface area contributed by atoms with Gasteiger partial charge in [-0.05, 0) is 37.8 Å². The number of carbonyl (C=O) groups excluding carboxylic acids is 1. The molecule has 8 rings (SSSR count). The second kappa shape index (κ2) is 10.3. The van der Waals surface area contributed by atoms with Crippen molar-refractivity contribution in [2.45, 2.75) is 113 Å². The molecular weight excluding hydrogens is 542 g/mol. The molecule has 2 saturated carbocycles. The molecular formula is C31H39N3O8. The number of hydrogen-bond acceptors (Lipinski definition) is 9. The van der Waals surface area contributed by atoms with Crippen molar-refractivity contribution in [1.29, 1.82) is 0 Å². The predicted octanol–water partition coefficient (Wildman–Crippen LogP) is 4.37. The quantitative estimate of drug-likeness (QED) is 0.406. The van der Waals surface area contributed by atoms with Gasteiger partial charge < -0.3 is 37.7 Å². The monoisotopic (exact) mass is 581 g/mol. The van der Waals surface area contributed by atoms with Gasteiger partial charge in [0.2, 0.25) is 5.78 Å². The zero-order chi connectivity index (χ0) is 28.5. The summed E-state index contributed by atoms with van der Waals surface area (Å²) in [7, 11) is 3.31. The number of ether oxygens (including phenoxy) is 7. The van der Waals surface area contributed by atoms with Gasteiger partial charge in [0.05, 0.1) is 31.4 Å². The Morgan fingerprint density at radius 2 is 1.62 bits per heavy atom. The van der Waals surface area contributed by atoms with E-state index in [0.717, 1.165) is 62.4 Å². The van der Waals surface area contributed by atoms with E-state index in [4.69, 9.17) is 38.1 Å². The molecule has 5 aliphatic rings. The molecule has 5 heterocycles. The van der Waals surface area contributed by atoms with E-state index in [2.05, 4.69) is 0 Å². The highest BCUT2D eigenvalue weighted by Crippen LogP contribution is 2.49. The lowest BCUT2D eigenvalue weighted by Gasteiger charge is -2.35. The summed E-state index contributed by atoms with van der Waals surface area (Å²) in [5.41, 5.74) is 2.66. The van der Waals surface area contributed by atoms with Crippen molar-refractivity contribution < 1.29 is 38.0 Å². The van der Waals surface area contributed by atoms with Crippen molar-refractivity contribution in [2.24, 2.45) is 7.05 Å². The minimum atomic E-state index is -0.708. The van der Waals surface area contributed by atoms with E-state index in [1.165, 1.54) is 20.0 Å². The first-order chi connectivity index (χ1) is 20.5. The first kappa shape index (κ1) is 27.0. The largest absolute Gasteiger partial charge is 0.464 e. The van der Waals surface area contributed by atoms with E-state index in [1.54, 1.807) is 0 Å². The summed E-state index contributed by atoms with van der Waals surface area (Å²) in [4.78, 5) is 17.9. The van der Waals surface area contributed by atoms with Crippen LogP contribution < -0.4 is 0 Å². The summed E-state index contributed by atoms with van der Waals surface area (Å²) in [6, 6.07) is 7.87. The summed E-state index contributed by atoms with van der Waals surface area (Å²) in [5.74, 6) is -0.971. The van der Waals surface area contributed by atoms with Gasteiger partial charge in [-0.3, -0.25) is 4.40 Å². The van der Waals surface area contributed by atoms with Crippen LogP contribution in [0.25, 0.3) is 16.8 Å². The molecule has 0 radical (unpaired) electrons. The number of nitrogens with zero attached hydrogens (tertiary/aromatic N) is 3. The third kappa shape index (κ3) is 4.23. The zero-order valence-corrected chi connectivity index (χ0v) is 24.3. The van der Waals surface area contributed by atoms with Gasteiger partial charge in [-0.1, -0.05) is 25.0 Å². The number of imidazole rings is 2. The Kier molecular flexibility index (Phi) is 6.62. The Labute approximate surface area is 244 Å². The Morgan fingerprint density at radius 3 is 2.36 bits per heavy atom. The highest BCUT2D eigenvalue weighted by atomic mass is 16.8. The maximum absolute atomic E-state index is 13.1. The van der Waals surface area contributed by atoms with Crippen molar-refractivity contribution in [3.63, 3.8) is 0 Å². The Bertz CT molecular complexity index is 1490. The standard InChI is InChI=1S/C31H39N3O8/c1-33-20-11-5-6-12-21(20)34-23(27(35)36-2)19(32-29(33)34)17-37-28-26-25(41-31(42-26)15-9-4-10-16-31)24(39-28)22-18-38-30(40-22)13-7-3-8-14-30/h5-6,11-12,22,24-26,28H,3-4,7-10,13-18H2,1-2H3. The molecule has 3 saturated heterocycles. The van der Waals surface area contributed by atoms with E-state index in [9.17, 15) is 4.79 Å². The number of esters is 1. The van der Waals surface area contributed by atoms with Crippen LogP contribution in [-0.2, 0) is 46.8 Å². The third-order valence-electron chi connectivity index (χ3n) is 9.86. The third-order valence-corrected chi connectivity index (χ3v) is 9.86. The highest BCUT2D eigenvalue weighted by molar-refractivity contribution is 5.93. The summed E-state index contributed by atoms with van der Waals surface area (Å²) in [6.07, 6.45) is 8.18. The van der Waals surface area contributed by atoms with Crippen LogP contribution in [0.4, 0.5) is 0 Å². The smallest absolute Gasteiger partial charge is 0.357 e. The number of aryl methyl sites for hydroxylation is 1. The minimum absolute atomic E-state index is 0.0450. The summed E-state index contributed by atoms with van der Waals surface area (Å²) in [6.45, 7) is 0.506. The topological polar surface area (TPSA) is 104 Å². The average Bonchev–Trinajstić information content (AvgIpc) is 3.81. The molecule has 226 valence electrons. The summed E-state index contributed by atoms with van der Waals surface area (Å²) >= 11 is 0. The summed E-state index contributed by atoms with van der Waals surface area (Å²) < 4.78 is 48.2. The Morgan fingerprint density at radius 1 is 0.929 bits per heavy atom. The SMILES string of the molecule is COC(=O)c1c(COC2OC(C3COC4(CCCCC4)O3)C3OC4(CCCCC4)OC23)nc2n(C)c3ccccc3n12. The van der Waals surface area contributed by atoms with E-state index >= 15 is 0 Å². The van der Waals surface area contributed by atoms with Gasteiger partial charge >= 0.3 is 5.97 Å². The fraction of sp³-hybridized carbons (Fsp3) is 0.677. The van der Waals surface area contributed by atoms with Gasteiger partial charge in [-0.25, -0.2) is 9.78 Å². The molecule has 5 fully saturated rings. The lowest BCUT2D eigenvalue weighted by atomic mass is 9.94. The number of hydrogen-bond donors (Lipinski definition) is 0. The van der Waals surface area contributed by atoms with Crippen LogP contribution in [0.5, 0.6) is 0 Å². The molecule has 2 spiro atoms. The number of fused-ring (bicyclic) bond motifs is 4. The van der Waals surface area contributed by atoms with Crippen LogP contribution in [0.1, 0.15) is 80.4 Å². The van der Waals surface area contributed by atoms with Crippen LogP contribution in [0.3, 0.4) is 0 Å². The second-order valence-corrected chi connectivity index (χ2v) is 12.4. The number of methoxy groups -OCH3 is 1. The molecule has 5 unspecified atom stereocenters. The van der Waals surface area contributed by atoms with Crippen molar-refractivity contribution in [1.82, 2.24) is 14.0 Å².